The first kappa shape index (κ1) is 20.1. The molecular weight excluding hydrogens is 393 g/mol. The minimum Gasteiger partial charge on any atom is -0.494 e. The van der Waals surface area contributed by atoms with Crippen LogP contribution in [0.1, 0.15) is 18.9 Å². The summed E-state index contributed by atoms with van der Waals surface area (Å²) in [6, 6.07) is 9.97. The standard InChI is InChI=1S/C19H17F3N2O3S/c1-2-27-13-6-4-12(5-7-13)23-17(25)10-16-18(26)24-14-9-11(19(20,21)22)3-8-15(14)28-16/h3-9,16H,2,10H2,1H3,(H,23,25)(H,24,26)/t16-/m1/s1. The van der Waals surface area contributed by atoms with Gasteiger partial charge in [0.1, 0.15) is 5.75 Å². The summed E-state index contributed by atoms with van der Waals surface area (Å²) in [6.07, 6.45) is -4.59. The topological polar surface area (TPSA) is 67.4 Å². The van der Waals surface area contributed by atoms with Gasteiger partial charge in [-0.15, -0.1) is 11.8 Å². The second-order valence-corrected chi connectivity index (χ2v) is 7.26. The third kappa shape index (κ3) is 4.78. The van der Waals surface area contributed by atoms with Gasteiger partial charge < -0.3 is 15.4 Å². The third-order valence-corrected chi connectivity index (χ3v) is 5.22. The van der Waals surface area contributed by atoms with Crippen molar-refractivity contribution in [3.63, 3.8) is 0 Å². The van der Waals surface area contributed by atoms with E-state index in [1.165, 1.54) is 6.07 Å². The molecule has 0 unspecified atom stereocenters. The fraction of sp³-hybridized carbons (Fsp3) is 0.263. The molecule has 5 nitrogen and oxygen atoms in total. The molecule has 2 aromatic rings. The van der Waals surface area contributed by atoms with Gasteiger partial charge in [0.15, 0.2) is 0 Å². The second-order valence-electron chi connectivity index (χ2n) is 6.01. The van der Waals surface area contributed by atoms with Gasteiger partial charge in [-0.2, -0.15) is 13.2 Å². The number of benzene rings is 2. The minimum absolute atomic E-state index is 0.105. The first-order chi connectivity index (χ1) is 13.3. The van der Waals surface area contributed by atoms with Gasteiger partial charge in [-0.25, -0.2) is 0 Å². The molecule has 0 fully saturated rings. The first-order valence-electron chi connectivity index (χ1n) is 8.47. The van der Waals surface area contributed by atoms with Gasteiger partial charge >= 0.3 is 6.18 Å². The van der Waals surface area contributed by atoms with E-state index in [0.717, 1.165) is 23.9 Å². The fourth-order valence-corrected chi connectivity index (χ4v) is 3.73. The van der Waals surface area contributed by atoms with E-state index in [0.29, 0.717) is 22.9 Å². The SMILES string of the molecule is CCOc1ccc(NC(=O)C[C@H]2Sc3ccc(C(F)(F)F)cc3NC2=O)cc1. The van der Waals surface area contributed by atoms with Gasteiger partial charge in [0.25, 0.3) is 0 Å². The number of nitrogens with one attached hydrogen (secondary N) is 2. The van der Waals surface area contributed by atoms with Crippen molar-refractivity contribution < 1.29 is 27.5 Å². The number of halogens is 3. The van der Waals surface area contributed by atoms with Gasteiger partial charge in [0, 0.05) is 17.0 Å². The van der Waals surface area contributed by atoms with Crippen LogP contribution in [-0.2, 0) is 15.8 Å². The number of fused-ring (bicyclic) bond motifs is 1. The Balaban J connectivity index is 1.63. The second kappa shape index (κ2) is 8.14. The van der Waals surface area contributed by atoms with Gasteiger partial charge in [-0.1, -0.05) is 0 Å². The van der Waals surface area contributed by atoms with Crippen molar-refractivity contribution in [3.8, 4) is 5.75 Å². The molecule has 2 amide bonds. The lowest BCUT2D eigenvalue weighted by Gasteiger charge is -2.24. The van der Waals surface area contributed by atoms with Crippen LogP contribution in [0.3, 0.4) is 0 Å². The van der Waals surface area contributed by atoms with Crippen molar-refractivity contribution in [3.05, 3.63) is 48.0 Å². The molecule has 1 aliphatic rings. The van der Waals surface area contributed by atoms with Gasteiger partial charge in [0.2, 0.25) is 11.8 Å². The molecule has 1 heterocycles. The zero-order valence-electron chi connectivity index (χ0n) is 14.8. The third-order valence-electron chi connectivity index (χ3n) is 3.95. The van der Waals surface area contributed by atoms with Crippen molar-refractivity contribution in [2.24, 2.45) is 0 Å². The smallest absolute Gasteiger partial charge is 0.416 e. The van der Waals surface area contributed by atoms with E-state index in [1.54, 1.807) is 24.3 Å². The lowest BCUT2D eigenvalue weighted by Crippen LogP contribution is -2.32. The molecule has 0 saturated carbocycles. The normalized spacial score (nSPS) is 16.1. The summed E-state index contributed by atoms with van der Waals surface area (Å²) in [7, 11) is 0. The molecule has 0 saturated heterocycles. The average molecular weight is 410 g/mol. The van der Waals surface area contributed by atoms with Crippen molar-refractivity contribution in [2.45, 2.75) is 29.7 Å². The number of amides is 2. The van der Waals surface area contributed by atoms with Crippen molar-refractivity contribution in [2.75, 3.05) is 17.2 Å². The highest BCUT2D eigenvalue weighted by Gasteiger charge is 2.34. The maximum atomic E-state index is 12.8. The van der Waals surface area contributed by atoms with Crippen LogP contribution >= 0.6 is 11.8 Å². The molecule has 0 radical (unpaired) electrons. The molecule has 3 rings (SSSR count). The fourth-order valence-electron chi connectivity index (χ4n) is 2.64. The summed E-state index contributed by atoms with van der Waals surface area (Å²) >= 11 is 1.07. The zero-order chi connectivity index (χ0) is 20.3. The summed E-state index contributed by atoms with van der Waals surface area (Å²) in [5, 5.41) is 4.42. The molecule has 28 heavy (non-hydrogen) atoms. The lowest BCUT2D eigenvalue weighted by molar-refractivity contribution is -0.137. The molecule has 0 spiro atoms. The van der Waals surface area contributed by atoms with Gasteiger partial charge in [-0.05, 0) is 49.4 Å². The van der Waals surface area contributed by atoms with Gasteiger partial charge in [0.05, 0.1) is 23.1 Å². The summed E-state index contributed by atoms with van der Waals surface area (Å²) in [5.41, 5.74) is -0.170. The minimum atomic E-state index is -4.49. The quantitative estimate of drug-likeness (QED) is 0.759. The summed E-state index contributed by atoms with van der Waals surface area (Å²) in [4.78, 5) is 25.0. The Kier molecular flexibility index (Phi) is 5.83. The molecule has 1 aliphatic heterocycles. The van der Waals surface area contributed by atoms with E-state index in [4.69, 9.17) is 4.74 Å². The van der Waals surface area contributed by atoms with Crippen LogP contribution in [0.15, 0.2) is 47.4 Å². The van der Waals surface area contributed by atoms with Gasteiger partial charge in [-0.3, -0.25) is 9.59 Å². The van der Waals surface area contributed by atoms with E-state index in [-0.39, 0.29) is 18.0 Å². The molecule has 0 aliphatic carbocycles. The Morgan fingerprint density at radius 3 is 2.57 bits per heavy atom. The van der Waals surface area contributed by atoms with Crippen molar-refractivity contribution in [1.29, 1.82) is 0 Å². The maximum Gasteiger partial charge on any atom is 0.416 e. The number of hydrogen-bond acceptors (Lipinski definition) is 4. The predicted octanol–water partition coefficient (Wildman–Crippen LogP) is 4.55. The first-order valence-corrected chi connectivity index (χ1v) is 9.35. The number of carbonyl (C=O) groups excluding carboxylic acids is 2. The highest BCUT2D eigenvalue weighted by Crippen LogP contribution is 2.40. The van der Waals surface area contributed by atoms with Crippen molar-refractivity contribution >= 4 is 35.0 Å². The molecule has 148 valence electrons. The number of alkyl halides is 3. The molecule has 2 N–H and O–H groups in total. The van der Waals surface area contributed by atoms with Crippen LogP contribution in [0.4, 0.5) is 24.5 Å². The van der Waals surface area contributed by atoms with Crippen molar-refractivity contribution in [1.82, 2.24) is 0 Å². The Labute approximate surface area is 163 Å². The number of rotatable bonds is 5. The van der Waals surface area contributed by atoms with E-state index in [1.807, 2.05) is 6.92 Å². The summed E-state index contributed by atoms with van der Waals surface area (Å²) in [6.45, 7) is 2.40. The Morgan fingerprint density at radius 1 is 1.21 bits per heavy atom. The Hall–Kier alpha value is -2.68. The van der Waals surface area contributed by atoms with Crippen LogP contribution in [0.2, 0.25) is 0 Å². The van der Waals surface area contributed by atoms with Crippen LogP contribution in [0.25, 0.3) is 0 Å². The van der Waals surface area contributed by atoms with E-state index in [2.05, 4.69) is 10.6 Å². The molecule has 0 aromatic heterocycles. The number of ether oxygens (including phenoxy) is 1. The zero-order valence-corrected chi connectivity index (χ0v) is 15.6. The number of thioether (sulfide) groups is 1. The van der Waals surface area contributed by atoms with E-state index < -0.39 is 22.9 Å². The largest absolute Gasteiger partial charge is 0.494 e. The predicted molar refractivity (Wildman–Crippen MR) is 101 cm³/mol. The molecule has 9 heteroatoms. The highest BCUT2D eigenvalue weighted by atomic mass is 32.2. The highest BCUT2D eigenvalue weighted by molar-refractivity contribution is 8.01. The number of hydrogen-bond donors (Lipinski definition) is 2. The van der Waals surface area contributed by atoms with Crippen LogP contribution in [0.5, 0.6) is 5.75 Å². The van der Waals surface area contributed by atoms with Crippen LogP contribution < -0.4 is 15.4 Å². The van der Waals surface area contributed by atoms with Crippen LogP contribution in [0, 0.1) is 0 Å². The Bertz CT molecular complexity index is 885. The number of anilines is 2. The summed E-state index contributed by atoms with van der Waals surface area (Å²) < 4.78 is 43.7. The van der Waals surface area contributed by atoms with Crippen LogP contribution in [-0.4, -0.2) is 23.7 Å². The molecule has 0 bridgehead atoms. The maximum absolute atomic E-state index is 12.8. The number of carbonyl (C=O) groups is 2. The average Bonchev–Trinajstić information content (AvgIpc) is 2.63. The molecule has 1 atom stereocenters. The van der Waals surface area contributed by atoms with E-state index >= 15 is 0 Å². The van der Waals surface area contributed by atoms with E-state index in [9.17, 15) is 22.8 Å². The monoisotopic (exact) mass is 410 g/mol. The molecule has 2 aromatic carbocycles. The Morgan fingerprint density at radius 2 is 1.93 bits per heavy atom. The molecular formula is C19H17F3N2O3S. The lowest BCUT2D eigenvalue weighted by atomic mass is 10.1. The summed E-state index contributed by atoms with van der Waals surface area (Å²) in [5.74, 6) is -0.191.